The van der Waals surface area contributed by atoms with Crippen LogP contribution in [0.1, 0.15) is 20.7 Å². The number of carbonyl (C=O) groups is 3. The number of aliphatic hydroxyl groups is 1. The molecule has 2 aromatic rings. The molecule has 26 heavy (non-hydrogen) atoms. The van der Waals surface area contributed by atoms with Gasteiger partial charge in [0.15, 0.2) is 18.5 Å². The van der Waals surface area contributed by atoms with Crippen molar-refractivity contribution in [3.8, 4) is 0 Å². The van der Waals surface area contributed by atoms with Crippen LogP contribution in [0.4, 0.5) is 0 Å². The second kappa shape index (κ2) is 9.84. The van der Waals surface area contributed by atoms with Gasteiger partial charge in [-0.25, -0.2) is 9.59 Å². The van der Waals surface area contributed by atoms with Crippen LogP contribution in [0.5, 0.6) is 0 Å². The van der Waals surface area contributed by atoms with Crippen LogP contribution in [-0.2, 0) is 14.3 Å². The molecule has 0 radical (unpaired) electrons. The van der Waals surface area contributed by atoms with E-state index in [1.165, 1.54) is 12.1 Å². The number of benzene rings is 2. The Hall–Kier alpha value is -2.51. The van der Waals surface area contributed by atoms with E-state index in [0.29, 0.717) is 6.29 Å². The fourth-order valence-corrected chi connectivity index (χ4v) is 2.56. The summed E-state index contributed by atoms with van der Waals surface area (Å²) in [5, 5.41) is 9.39. The summed E-state index contributed by atoms with van der Waals surface area (Å²) >= 11 is 3.15. The Bertz CT molecular complexity index is 734. The molecule has 0 aliphatic carbocycles. The molecule has 0 aromatic heterocycles. The maximum Gasteiger partial charge on any atom is 0.338 e. The van der Waals surface area contributed by atoms with Gasteiger partial charge < -0.3 is 14.6 Å². The molecule has 2 aromatic carbocycles. The van der Waals surface area contributed by atoms with Crippen molar-refractivity contribution in [1.82, 2.24) is 0 Å². The van der Waals surface area contributed by atoms with E-state index in [1.807, 2.05) is 0 Å². The summed E-state index contributed by atoms with van der Waals surface area (Å²) in [6.07, 6.45) is -2.21. The minimum absolute atomic E-state index is 0.252. The van der Waals surface area contributed by atoms with Gasteiger partial charge >= 0.3 is 11.9 Å². The van der Waals surface area contributed by atoms with Gasteiger partial charge in [0.2, 0.25) is 0 Å². The standard InChI is InChI=1S/C19H17BrO6/c20-15(11-21)17(26-19(24)14-9-5-2-6-10-14)16(12-22)25-18(23)13-7-3-1-4-8-13/h1-10,12,15-17,21H,11H2/t15-,16-,17+/m0/s1. The van der Waals surface area contributed by atoms with Crippen molar-refractivity contribution in [3.05, 3.63) is 71.8 Å². The van der Waals surface area contributed by atoms with E-state index in [0.717, 1.165) is 0 Å². The van der Waals surface area contributed by atoms with Crippen molar-refractivity contribution in [3.63, 3.8) is 0 Å². The Morgan fingerprint density at radius 2 is 1.38 bits per heavy atom. The molecule has 136 valence electrons. The van der Waals surface area contributed by atoms with Gasteiger partial charge in [0, 0.05) is 0 Å². The Morgan fingerprint density at radius 1 is 0.923 bits per heavy atom. The van der Waals surface area contributed by atoms with Crippen molar-refractivity contribution in [2.45, 2.75) is 17.0 Å². The number of esters is 2. The van der Waals surface area contributed by atoms with Crippen molar-refractivity contribution >= 4 is 34.2 Å². The molecule has 0 amide bonds. The number of carbonyl (C=O) groups excluding carboxylic acids is 3. The number of hydrogen-bond donors (Lipinski definition) is 1. The summed E-state index contributed by atoms with van der Waals surface area (Å²) in [7, 11) is 0. The van der Waals surface area contributed by atoms with Crippen LogP contribution < -0.4 is 0 Å². The zero-order valence-corrected chi connectivity index (χ0v) is 15.2. The molecule has 6 nitrogen and oxygen atoms in total. The van der Waals surface area contributed by atoms with Gasteiger partial charge in [0.05, 0.1) is 22.6 Å². The Morgan fingerprint density at radius 3 is 1.81 bits per heavy atom. The minimum Gasteiger partial charge on any atom is -0.453 e. The second-order valence-electron chi connectivity index (χ2n) is 5.31. The number of ether oxygens (including phenoxy) is 2. The molecule has 0 aliphatic rings. The molecule has 1 N–H and O–H groups in total. The second-order valence-corrected chi connectivity index (χ2v) is 6.48. The molecule has 0 saturated heterocycles. The first-order valence-corrected chi connectivity index (χ1v) is 8.70. The molecule has 0 fully saturated rings. The van der Waals surface area contributed by atoms with E-state index in [4.69, 9.17) is 9.47 Å². The highest BCUT2D eigenvalue weighted by Crippen LogP contribution is 2.18. The van der Waals surface area contributed by atoms with E-state index < -0.39 is 35.6 Å². The predicted molar refractivity (Wildman–Crippen MR) is 97.2 cm³/mol. The minimum atomic E-state index is -1.38. The lowest BCUT2D eigenvalue weighted by molar-refractivity contribution is -0.121. The SMILES string of the molecule is O=C[C@H](OC(=O)c1ccccc1)[C@H](OC(=O)c1ccccc1)[C@@H](Br)CO. The lowest BCUT2D eigenvalue weighted by Gasteiger charge is -2.26. The van der Waals surface area contributed by atoms with Crippen LogP contribution in [0.2, 0.25) is 0 Å². The molecule has 0 bridgehead atoms. The van der Waals surface area contributed by atoms with Gasteiger partial charge in [0.1, 0.15) is 0 Å². The number of aldehydes is 1. The molecule has 0 heterocycles. The number of alkyl halides is 1. The highest BCUT2D eigenvalue weighted by Gasteiger charge is 2.34. The van der Waals surface area contributed by atoms with E-state index in [2.05, 4.69) is 15.9 Å². The first kappa shape index (κ1) is 19.8. The van der Waals surface area contributed by atoms with E-state index in [-0.39, 0.29) is 11.1 Å². The largest absolute Gasteiger partial charge is 0.453 e. The highest BCUT2D eigenvalue weighted by molar-refractivity contribution is 9.09. The molecular weight excluding hydrogens is 404 g/mol. The van der Waals surface area contributed by atoms with Gasteiger partial charge in [-0.2, -0.15) is 0 Å². The zero-order chi connectivity index (χ0) is 18.9. The summed E-state index contributed by atoms with van der Waals surface area (Å²) in [6, 6.07) is 16.3. The Balaban J connectivity index is 2.16. The maximum atomic E-state index is 12.3. The topological polar surface area (TPSA) is 89.9 Å². The predicted octanol–water partition coefficient (Wildman–Crippen LogP) is 2.39. The van der Waals surface area contributed by atoms with Crippen molar-refractivity contribution < 1.29 is 29.0 Å². The molecule has 3 atom stereocenters. The lowest BCUT2D eigenvalue weighted by atomic mass is 10.1. The van der Waals surface area contributed by atoms with Crippen LogP contribution in [0.25, 0.3) is 0 Å². The monoisotopic (exact) mass is 420 g/mol. The van der Waals surface area contributed by atoms with Gasteiger partial charge in [0.25, 0.3) is 0 Å². The molecule has 0 spiro atoms. The van der Waals surface area contributed by atoms with Crippen molar-refractivity contribution in [2.75, 3.05) is 6.61 Å². The molecular formula is C19H17BrO6. The van der Waals surface area contributed by atoms with Crippen molar-refractivity contribution in [2.24, 2.45) is 0 Å². The van der Waals surface area contributed by atoms with E-state index >= 15 is 0 Å². The number of hydrogen-bond acceptors (Lipinski definition) is 6. The molecule has 2 rings (SSSR count). The van der Waals surface area contributed by atoms with Crippen molar-refractivity contribution in [1.29, 1.82) is 0 Å². The fourth-order valence-electron chi connectivity index (χ4n) is 2.15. The number of aliphatic hydroxyl groups excluding tert-OH is 1. The van der Waals surface area contributed by atoms with Crippen LogP contribution in [-0.4, -0.2) is 47.0 Å². The third-order valence-electron chi connectivity index (χ3n) is 3.49. The number of halogens is 1. The summed E-state index contributed by atoms with van der Waals surface area (Å²) in [5.41, 5.74) is 0.525. The lowest BCUT2D eigenvalue weighted by Crippen LogP contribution is -2.43. The summed E-state index contributed by atoms with van der Waals surface area (Å²) < 4.78 is 10.5. The van der Waals surface area contributed by atoms with Crippen LogP contribution in [0, 0.1) is 0 Å². The van der Waals surface area contributed by atoms with E-state index in [1.54, 1.807) is 48.5 Å². The normalized spacial score (nSPS) is 13.9. The Kier molecular flexibility index (Phi) is 7.50. The summed E-state index contributed by atoms with van der Waals surface area (Å²) in [5.74, 6) is -1.43. The maximum absolute atomic E-state index is 12.3. The fraction of sp³-hybridized carbons (Fsp3) is 0.211. The highest BCUT2D eigenvalue weighted by atomic mass is 79.9. The molecule has 0 aliphatic heterocycles. The van der Waals surface area contributed by atoms with Crippen LogP contribution >= 0.6 is 15.9 Å². The summed E-state index contributed by atoms with van der Waals surface area (Å²) in [4.78, 5) is 35.1. The van der Waals surface area contributed by atoms with E-state index in [9.17, 15) is 19.5 Å². The third-order valence-corrected chi connectivity index (χ3v) is 4.30. The quantitative estimate of drug-likeness (QED) is 0.400. The smallest absolute Gasteiger partial charge is 0.338 e. The van der Waals surface area contributed by atoms with Gasteiger partial charge in [-0.05, 0) is 24.3 Å². The first-order valence-electron chi connectivity index (χ1n) is 7.79. The molecule has 7 heteroatoms. The van der Waals surface area contributed by atoms with Gasteiger partial charge in [-0.15, -0.1) is 0 Å². The number of rotatable bonds is 8. The molecule has 0 unspecified atom stereocenters. The molecule has 0 saturated carbocycles. The third kappa shape index (κ3) is 5.24. The average molecular weight is 421 g/mol. The first-order chi connectivity index (χ1) is 12.6. The Labute approximate surface area is 158 Å². The van der Waals surface area contributed by atoms with Crippen LogP contribution in [0.15, 0.2) is 60.7 Å². The zero-order valence-electron chi connectivity index (χ0n) is 13.7. The van der Waals surface area contributed by atoms with Gasteiger partial charge in [-0.3, -0.25) is 4.79 Å². The van der Waals surface area contributed by atoms with Crippen LogP contribution in [0.3, 0.4) is 0 Å². The van der Waals surface area contributed by atoms with Gasteiger partial charge in [-0.1, -0.05) is 52.3 Å². The average Bonchev–Trinajstić information content (AvgIpc) is 2.70. The summed E-state index contributed by atoms with van der Waals surface area (Å²) in [6.45, 7) is -0.431.